The number of rotatable bonds is 3. The molecule has 108 valence electrons. The molecule has 1 aromatic heterocycles. The lowest BCUT2D eigenvalue weighted by atomic mass is 10.1. The summed E-state index contributed by atoms with van der Waals surface area (Å²) < 4.78 is 12.9. The highest BCUT2D eigenvalue weighted by Crippen LogP contribution is 2.24. The van der Waals surface area contributed by atoms with Gasteiger partial charge in [0.05, 0.1) is 10.6 Å². The van der Waals surface area contributed by atoms with Crippen molar-refractivity contribution in [1.82, 2.24) is 4.98 Å². The second kappa shape index (κ2) is 5.73. The van der Waals surface area contributed by atoms with Gasteiger partial charge in [-0.1, -0.05) is 18.2 Å². The lowest BCUT2D eigenvalue weighted by Crippen LogP contribution is -1.88. The third-order valence-corrected chi connectivity index (χ3v) is 3.31. The van der Waals surface area contributed by atoms with Crippen LogP contribution in [0.3, 0.4) is 0 Å². The molecule has 0 aliphatic heterocycles. The number of hydrogen-bond acceptors (Lipinski definition) is 3. The average molecular weight is 294 g/mol. The SMILES string of the molecule is O=[N+]([O-])c1ccc(-c2ccc(-c3ccc(F)cc3)cn2)cc1. The number of nitro groups is 1. The van der Waals surface area contributed by atoms with Gasteiger partial charge in [0.25, 0.3) is 5.69 Å². The lowest BCUT2D eigenvalue weighted by molar-refractivity contribution is -0.384. The number of halogens is 1. The van der Waals surface area contributed by atoms with Crippen LogP contribution in [0.15, 0.2) is 66.9 Å². The summed E-state index contributed by atoms with van der Waals surface area (Å²) in [7, 11) is 0. The van der Waals surface area contributed by atoms with Crippen LogP contribution in [0.4, 0.5) is 10.1 Å². The van der Waals surface area contributed by atoms with Crippen molar-refractivity contribution in [1.29, 1.82) is 0 Å². The molecule has 0 aliphatic carbocycles. The highest BCUT2D eigenvalue weighted by atomic mass is 19.1. The number of hydrogen-bond donors (Lipinski definition) is 0. The Balaban J connectivity index is 1.87. The van der Waals surface area contributed by atoms with Crippen molar-refractivity contribution >= 4 is 5.69 Å². The first-order valence-corrected chi connectivity index (χ1v) is 6.60. The molecule has 22 heavy (non-hydrogen) atoms. The number of non-ortho nitro benzene ring substituents is 1. The molecule has 0 unspecified atom stereocenters. The normalized spacial score (nSPS) is 10.4. The monoisotopic (exact) mass is 294 g/mol. The van der Waals surface area contributed by atoms with E-state index in [0.29, 0.717) is 0 Å². The molecule has 0 saturated carbocycles. The highest BCUT2D eigenvalue weighted by molar-refractivity contribution is 5.67. The number of nitrogens with zero attached hydrogens (tertiary/aromatic N) is 2. The summed E-state index contributed by atoms with van der Waals surface area (Å²) in [6, 6.07) is 16.1. The Morgan fingerprint density at radius 3 is 1.95 bits per heavy atom. The van der Waals surface area contributed by atoms with Gasteiger partial charge in [-0.25, -0.2) is 4.39 Å². The Bertz CT molecular complexity index is 798. The molecule has 0 fully saturated rings. The molecule has 0 atom stereocenters. The Labute approximate surface area is 126 Å². The van der Waals surface area contributed by atoms with E-state index in [1.807, 2.05) is 12.1 Å². The Morgan fingerprint density at radius 1 is 0.818 bits per heavy atom. The van der Waals surface area contributed by atoms with E-state index < -0.39 is 4.92 Å². The summed E-state index contributed by atoms with van der Waals surface area (Å²) in [5, 5.41) is 10.6. The first kappa shape index (κ1) is 13.9. The number of pyridine rings is 1. The van der Waals surface area contributed by atoms with Gasteiger partial charge in [0, 0.05) is 29.5 Å². The first-order valence-electron chi connectivity index (χ1n) is 6.60. The van der Waals surface area contributed by atoms with Crippen LogP contribution in [0, 0.1) is 15.9 Å². The van der Waals surface area contributed by atoms with Gasteiger partial charge in [-0.15, -0.1) is 0 Å². The maximum atomic E-state index is 12.9. The van der Waals surface area contributed by atoms with Crippen LogP contribution in [-0.2, 0) is 0 Å². The van der Waals surface area contributed by atoms with Gasteiger partial charge in [0.1, 0.15) is 5.82 Å². The van der Waals surface area contributed by atoms with Crippen LogP contribution in [0.5, 0.6) is 0 Å². The predicted molar refractivity (Wildman–Crippen MR) is 81.7 cm³/mol. The Morgan fingerprint density at radius 2 is 1.41 bits per heavy atom. The zero-order valence-corrected chi connectivity index (χ0v) is 11.4. The van der Waals surface area contributed by atoms with Crippen LogP contribution in [-0.4, -0.2) is 9.91 Å². The molecule has 5 heteroatoms. The quantitative estimate of drug-likeness (QED) is 0.529. The lowest BCUT2D eigenvalue weighted by Gasteiger charge is -2.04. The zero-order valence-electron chi connectivity index (χ0n) is 11.4. The van der Waals surface area contributed by atoms with E-state index >= 15 is 0 Å². The van der Waals surface area contributed by atoms with Gasteiger partial charge >= 0.3 is 0 Å². The molecule has 0 spiro atoms. The summed E-state index contributed by atoms with van der Waals surface area (Å²) in [5.41, 5.74) is 3.33. The van der Waals surface area contributed by atoms with E-state index in [4.69, 9.17) is 0 Å². The van der Waals surface area contributed by atoms with E-state index in [2.05, 4.69) is 4.98 Å². The van der Waals surface area contributed by atoms with E-state index in [-0.39, 0.29) is 11.5 Å². The van der Waals surface area contributed by atoms with Crippen molar-refractivity contribution < 1.29 is 9.31 Å². The van der Waals surface area contributed by atoms with Crippen LogP contribution in [0.25, 0.3) is 22.4 Å². The largest absolute Gasteiger partial charge is 0.269 e. The molecule has 0 radical (unpaired) electrons. The smallest absolute Gasteiger partial charge is 0.258 e. The maximum absolute atomic E-state index is 12.9. The van der Waals surface area contributed by atoms with Crippen LogP contribution < -0.4 is 0 Å². The summed E-state index contributed by atoms with van der Waals surface area (Å²) in [6.45, 7) is 0. The van der Waals surface area contributed by atoms with Gasteiger partial charge in [0.15, 0.2) is 0 Å². The highest BCUT2D eigenvalue weighted by Gasteiger charge is 2.06. The van der Waals surface area contributed by atoms with Crippen molar-refractivity contribution in [3.63, 3.8) is 0 Å². The first-order chi connectivity index (χ1) is 10.6. The van der Waals surface area contributed by atoms with Gasteiger partial charge in [-0.2, -0.15) is 0 Å². The molecule has 1 heterocycles. The summed E-state index contributed by atoms with van der Waals surface area (Å²) in [5.74, 6) is -0.279. The zero-order chi connectivity index (χ0) is 15.5. The molecular weight excluding hydrogens is 283 g/mol. The molecule has 3 aromatic rings. The Kier molecular flexibility index (Phi) is 3.62. The molecular formula is C17H11FN2O2. The fraction of sp³-hybridized carbons (Fsp3) is 0. The topological polar surface area (TPSA) is 56.0 Å². The minimum absolute atomic E-state index is 0.0479. The second-order valence-electron chi connectivity index (χ2n) is 4.74. The van der Waals surface area contributed by atoms with E-state index in [1.165, 1.54) is 24.3 Å². The maximum Gasteiger partial charge on any atom is 0.269 e. The van der Waals surface area contributed by atoms with Crippen molar-refractivity contribution in [3.8, 4) is 22.4 Å². The van der Waals surface area contributed by atoms with Crippen molar-refractivity contribution in [2.75, 3.05) is 0 Å². The molecule has 3 rings (SSSR count). The van der Waals surface area contributed by atoms with Gasteiger partial charge in [0.2, 0.25) is 0 Å². The number of aromatic nitrogens is 1. The second-order valence-corrected chi connectivity index (χ2v) is 4.74. The van der Waals surface area contributed by atoms with E-state index in [1.54, 1.807) is 30.5 Å². The summed E-state index contributed by atoms with van der Waals surface area (Å²) >= 11 is 0. The molecule has 0 saturated heterocycles. The van der Waals surface area contributed by atoms with Gasteiger partial charge < -0.3 is 0 Å². The number of nitro benzene ring substituents is 1. The van der Waals surface area contributed by atoms with Crippen molar-refractivity contribution in [2.45, 2.75) is 0 Å². The molecule has 0 N–H and O–H groups in total. The number of benzene rings is 2. The third kappa shape index (κ3) is 2.83. The van der Waals surface area contributed by atoms with E-state index in [9.17, 15) is 14.5 Å². The fourth-order valence-electron chi connectivity index (χ4n) is 2.13. The van der Waals surface area contributed by atoms with Gasteiger partial charge in [-0.3, -0.25) is 15.1 Å². The minimum Gasteiger partial charge on any atom is -0.258 e. The third-order valence-electron chi connectivity index (χ3n) is 3.31. The minimum atomic E-state index is -0.436. The van der Waals surface area contributed by atoms with Gasteiger partial charge in [-0.05, 0) is 35.9 Å². The predicted octanol–water partition coefficient (Wildman–Crippen LogP) is 4.46. The molecule has 4 nitrogen and oxygen atoms in total. The van der Waals surface area contributed by atoms with Crippen molar-refractivity contribution in [2.24, 2.45) is 0 Å². The standard InChI is InChI=1S/C17H11FN2O2/c18-15-6-1-12(2-7-15)14-5-10-17(19-11-14)13-3-8-16(9-4-13)20(21)22/h1-11H. The summed E-state index contributed by atoms with van der Waals surface area (Å²) in [4.78, 5) is 14.6. The van der Waals surface area contributed by atoms with Crippen LogP contribution >= 0.6 is 0 Å². The Hall–Kier alpha value is -3.08. The fourth-order valence-corrected chi connectivity index (χ4v) is 2.13. The average Bonchev–Trinajstić information content (AvgIpc) is 2.56. The van der Waals surface area contributed by atoms with Crippen LogP contribution in [0.1, 0.15) is 0 Å². The molecule has 0 aliphatic rings. The van der Waals surface area contributed by atoms with E-state index in [0.717, 1.165) is 22.4 Å². The molecule has 0 bridgehead atoms. The van der Waals surface area contributed by atoms with Crippen LogP contribution in [0.2, 0.25) is 0 Å². The summed E-state index contributed by atoms with van der Waals surface area (Å²) in [6.07, 6.45) is 1.70. The molecule has 2 aromatic carbocycles. The van der Waals surface area contributed by atoms with Crippen molar-refractivity contribution in [3.05, 3.63) is 82.8 Å². The molecule has 0 amide bonds.